The van der Waals surface area contributed by atoms with Crippen molar-refractivity contribution in [3.8, 4) is 0 Å². The van der Waals surface area contributed by atoms with Gasteiger partial charge in [0.15, 0.2) is 0 Å². The molecule has 4 heteroatoms. The van der Waals surface area contributed by atoms with Gasteiger partial charge in [0.05, 0.1) is 15.4 Å². The van der Waals surface area contributed by atoms with Crippen LogP contribution in [0.2, 0.25) is 10.0 Å². The first-order valence-electron chi connectivity index (χ1n) is 5.40. The van der Waals surface area contributed by atoms with Crippen LogP contribution in [0.15, 0.2) is 42.5 Å². The molecule has 1 unspecified atom stereocenters. The highest BCUT2D eigenvalue weighted by Gasteiger charge is 2.11. The number of benzene rings is 2. The molecule has 0 aromatic heterocycles. The molecule has 0 saturated carbocycles. The zero-order valence-electron chi connectivity index (χ0n) is 9.34. The molecule has 0 aliphatic heterocycles. The number of hydrogen-bond acceptors (Lipinski definition) is 0. The van der Waals surface area contributed by atoms with E-state index in [9.17, 15) is 4.39 Å². The lowest BCUT2D eigenvalue weighted by atomic mass is 10.0. The van der Waals surface area contributed by atoms with E-state index >= 15 is 0 Å². The van der Waals surface area contributed by atoms with E-state index in [1.54, 1.807) is 18.2 Å². The monoisotopic (exact) mass is 302 g/mol. The van der Waals surface area contributed by atoms with Gasteiger partial charge in [-0.15, -0.1) is 11.6 Å². The van der Waals surface area contributed by atoms with Crippen molar-refractivity contribution in [2.75, 3.05) is 0 Å². The summed E-state index contributed by atoms with van der Waals surface area (Å²) in [5.74, 6) is -0.259. The Morgan fingerprint density at radius 1 is 1.00 bits per heavy atom. The predicted molar refractivity (Wildman–Crippen MR) is 75.2 cm³/mol. The quantitative estimate of drug-likeness (QED) is 0.642. The first-order valence-corrected chi connectivity index (χ1v) is 6.59. The minimum absolute atomic E-state index is 0.259. The van der Waals surface area contributed by atoms with Crippen molar-refractivity contribution in [1.82, 2.24) is 0 Å². The van der Waals surface area contributed by atoms with E-state index in [-0.39, 0.29) is 11.2 Å². The van der Waals surface area contributed by atoms with Gasteiger partial charge in [-0.05, 0) is 41.8 Å². The van der Waals surface area contributed by atoms with Crippen LogP contribution in [0.4, 0.5) is 4.39 Å². The molecule has 0 N–H and O–H groups in total. The lowest BCUT2D eigenvalue weighted by molar-refractivity contribution is 0.625. The summed E-state index contributed by atoms with van der Waals surface area (Å²) in [7, 11) is 0. The van der Waals surface area contributed by atoms with E-state index in [2.05, 4.69) is 0 Å². The average Bonchev–Trinajstić information content (AvgIpc) is 2.32. The molecular formula is C14H10Cl3F. The third-order valence-corrected chi connectivity index (χ3v) is 3.75. The zero-order valence-corrected chi connectivity index (χ0v) is 11.6. The van der Waals surface area contributed by atoms with E-state index in [0.717, 1.165) is 11.1 Å². The molecule has 0 radical (unpaired) electrons. The van der Waals surface area contributed by atoms with Gasteiger partial charge in [-0.25, -0.2) is 4.39 Å². The highest BCUT2D eigenvalue weighted by molar-refractivity contribution is 6.42. The van der Waals surface area contributed by atoms with Gasteiger partial charge in [-0.1, -0.05) is 41.4 Å². The Bertz CT molecular complexity index is 554. The summed E-state index contributed by atoms with van der Waals surface area (Å²) >= 11 is 18.1. The molecule has 0 aliphatic rings. The molecule has 0 saturated heterocycles. The van der Waals surface area contributed by atoms with Gasteiger partial charge in [-0.3, -0.25) is 0 Å². The van der Waals surface area contributed by atoms with Crippen molar-refractivity contribution in [2.24, 2.45) is 0 Å². The second-order valence-electron chi connectivity index (χ2n) is 3.98. The van der Waals surface area contributed by atoms with Gasteiger partial charge in [-0.2, -0.15) is 0 Å². The normalized spacial score (nSPS) is 12.4. The number of rotatable bonds is 3. The van der Waals surface area contributed by atoms with Gasteiger partial charge >= 0.3 is 0 Å². The van der Waals surface area contributed by atoms with E-state index in [1.807, 2.05) is 12.1 Å². The van der Waals surface area contributed by atoms with Crippen LogP contribution in [-0.2, 0) is 6.42 Å². The molecule has 0 spiro atoms. The summed E-state index contributed by atoms with van der Waals surface area (Å²) in [5.41, 5.74) is 1.72. The first-order chi connectivity index (χ1) is 8.56. The number of hydrogen-bond donors (Lipinski definition) is 0. The maximum Gasteiger partial charge on any atom is 0.123 e. The van der Waals surface area contributed by atoms with Gasteiger partial charge in [0.1, 0.15) is 5.82 Å². The third kappa shape index (κ3) is 3.38. The van der Waals surface area contributed by atoms with E-state index in [4.69, 9.17) is 34.8 Å². The van der Waals surface area contributed by atoms with Crippen molar-refractivity contribution >= 4 is 34.8 Å². The minimum atomic E-state index is -0.262. The fraction of sp³-hybridized carbons (Fsp3) is 0.143. The van der Waals surface area contributed by atoms with Crippen LogP contribution in [0, 0.1) is 5.82 Å². The maximum atomic E-state index is 13.1. The molecule has 94 valence electrons. The van der Waals surface area contributed by atoms with Crippen molar-refractivity contribution in [3.05, 3.63) is 69.5 Å². The van der Waals surface area contributed by atoms with Crippen molar-refractivity contribution in [1.29, 1.82) is 0 Å². The van der Waals surface area contributed by atoms with Gasteiger partial charge in [0.25, 0.3) is 0 Å². The Labute approximate surface area is 120 Å². The molecule has 0 fully saturated rings. The first kappa shape index (κ1) is 13.7. The zero-order chi connectivity index (χ0) is 13.1. The molecule has 2 rings (SSSR count). The second kappa shape index (κ2) is 5.92. The topological polar surface area (TPSA) is 0 Å². The van der Waals surface area contributed by atoms with Crippen molar-refractivity contribution in [2.45, 2.75) is 11.8 Å². The van der Waals surface area contributed by atoms with Crippen LogP contribution >= 0.6 is 34.8 Å². The number of halogens is 4. The van der Waals surface area contributed by atoms with Crippen molar-refractivity contribution in [3.63, 3.8) is 0 Å². The van der Waals surface area contributed by atoms with Crippen LogP contribution in [0.25, 0.3) is 0 Å². The third-order valence-electron chi connectivity index (χ3n) is 2.61. The van der Waals surface area contributed by atoms with Crippen LogP contribution in [0.3, 0.4) is 0 Å². The molecule has 2 aromatic rings. The Hall–Kier alpha value is -0.760. The minimum Gasteiger partial charge on any atom is -0.207 e. The number of alkyl halides is 1. The largest absolute Gasteiger partial charge is 0.207 e. The molecule has 2 aromatic carbocycles. The van der Waals surface area contributed by atoms with E-state index in [0.29, 0.717) is 16.5 Å². The summed E-state index contributed by atoms with van der Waals surface area (Å²) in [4.78, 5) is 0. The fourth-order valence-electron chi connectivity index (χ4n) is 1.70. The Kier molecular flexibility index (Phi) is 4.50. The van der Waals surface area contributed by atoms with Crippen LogP contribution < -0.4 is 0 Å². The van der Waals surface area contributed by atoms with Crippen LogP contribution in [0.1, 0.15) is 16.5 Å². The molecule has 18 heavy (non-hydrogen) atoms. The smallest absolute Gasteiger partial charge is 0.123 e. The highest BCUT2D eigenvalue weighted by atomic mass is 35.5. The lowest BCUT2D eigenvalue weighted by Crippen LogP contribution is -1.96. The lowest BCUT2D eigenvalue weighted by Gasteiger charge is -2.11. The fourth-order valence-corrected chi connectivity index (χ4v) is 2.32. The highest BCUT2D eigenvalue weighted by Crippen LogP contribution is 2.30. The molecule has 0 heterocycles. The van der Waals surface area contributed by atoms with Crippen LogP contribution in [-0.4, -0.2) is 0 Å². The molecule has 0 aliphatic carbocycles. The molecular weight excluding hydrogens is 294 g/mol. The van der Waals surface area contributed by atoms with Gasteiger partial charge in [0.2, 0.25) is 0 Å². The Balaban J connectivity index is 2.16. The second-order valence-corrected chi connectivity index (χ2v) is 5.32. The van der Waals surface area contributed by atoms with E-state index < -0.39 is 0 Å². The summed E-state index contributed by atoms with van der Waals surface area (Å²) in [6.45, 7) is 0. The summed E-state index contributed by atoms with van der Waals surface area (Å²) in [6.07, 6.45) is 0.539. The van der Waals surface area contributed by atoms with Gasteiger partial charge in [0, 0.05) is 0 Å². The summed E-state index contributed by atoms with van der Waals surface area (Å²) < 4.78 is 13.1. The molecule has 0 nitrogen and oxygen atoms in total. The standard InChI is InChI=1S/C14H10Cl3F/c15-12-5-4-10(8-14(12)17)13(16)7-9-2-1-3-11(18)6-9/h1-6,8,13H,7H2. The predicted octanol–water partition coefficient (Wildman–Crippen LogP) is 5.66. The molecule has 0 amide bonds. The molecule has 0 bridgehead atoms. The molecule has 1 atom stereocenters. The Morgan fingerprint density at radius 3 is 2.44 bits per heavy atom. The maximum absolute atomic E-state index is 13.1. The summed E-state index contributed by atoms with van der Waals surface area (Å²) in [6, 6.07) is 11.7. The summed E-state index contributed by atoms with van der Waals surface area (Å²) in [5, 5.41) is 0.704. The van der Waals surface area contributed by atoms with E-state index in [1.165, 1.54) is 12.1 Å². The van der Waals surface area contributed by atoms with Crippen molar-refractivity contribution < 1.29 is 4.39 Å². The van der Waals surface area contributed by atoms with Gasteiger partial charge < -0.3 is 0 Å². The Morgan fingerprint density at radius 2 is 1.78 bits per heavy atom. The SMILES string of the molecule is Fc1cccc(CC(Cl)c2ccc(Cl)c(Cl)c2)c1. The average molecular weight is 304 g/mol. The van der Waals surface area contributed by atoms with Crippen LogP contribution in [0.5, 0.6) is 0 Å².